The van der Waals surface area contributed by atoms with Crippen LogP contribution in [0.25, 0.3) is 6.08 Å². The van der Waals surface area contributed by atoms with Crippen LogP contribution in [-0.4, -0.2) is 23.3 Å². The molecule has 0 bridgehead atoms. The number of aliphatic carboxylic acids is 1. The van der Waals surface area contributed by atoms with Crippen LogP contribution in [0.2, 0.25) is 0 Å². The molecule has 1 rings (SSSR count). The van der Waals surface area contributed by atoms with Gasteiger partial charge in [0, 0.05) is 18.2 Å². The van der Waals surface area contributed by atoms with Gasteiger partial charge < -0.3 is 15.2 Å². The highest BCUT2D eigenvalue weighted by molar-refractivity contribution is 5.93. The molecule has 0 saturated carbocycles. The molecule has 94 valence electrons. The van der Waals surface area contributed by atoms with Gasteiger partial charge in [-0.1, -0.05) is 0 Å². The number of rotatable bonds is 5. The first-order chi connectivity index (χ1) is 8.49. The maximum absolute atomic E-state index is 11.1. The van der Waals surface area contributed by atoms with Gasteiger partial charge in [-0.15, -0.1) is 0 Å². The van der Waals surface area contributed by atoms with E-state index < -0.39 is 23.3 Å². The van der Waals surface area contributed by atoms with Gasteiger partial charge in [0.1, 0.15) is 0 Å². The Bertz CT molecular complexity index is 493. The minimum atomic E-state index is -1.38. The lowest BCUT2D eigenvalue weighted by molar-refractivity contribution is -0.384. The highest BCUT2D eigenvalue weighted by Gasteiger charge is 2.02. The minimum Gasteiger partial charge on any atom is -0.548 e. The van der Waals surface area contributed by atoms with Crippen molar-refractivity contribution in [3.8, 4) is 0 Å². The third-order valence-electron chi connectivity index (χ3n) is 1.94. The molecule has 0 unspecified atom stereocenters. The molecule has 0 spiro atoms. The quantitative estimate of drug-likeness (QED) is 0.428. The molecule has 1 aromatic carbocycles. The second kappa shape index (κ2) is 6.14. The highest BCUT2D eigenvalue weighted by atomic mass is 16.6. The number of amides is 1. The SMILES string of the molecule is O=C([O-])CNC(=O)C=Cc1ccc([N+](=O)[O-])cc1. The van der Waals surface area contributed by atoms with Gasteiger partial charge in [-0.05, 0) is 23.8 Å². The fourth-order valence-electron chi connectivity index (χ4n) is 1.10. The molecule has 0 heterocycles. The van der Waals surface area contributed by atoms with Crippen molar-refractivity contribution in [1.29, 1.82) is 0 Å². The van der Waals surface area contributed by atoms with Gasteiger partial charge in [-0.2, -0.15) is 0 Å². The Hall–Kier alpha value is -2.70. The summed E-state index contributed by atoms with van der Waals surface area (Å²) < 4.78 is 0. The van der Waals surface area contributed by atoms with Crippen molar-refractivity contribution in [3.05, 3.63) is 46.0 Å². The van der Waals surface area contributed by atoms with Crippen molar-refractivity contribution in [2.75, 3.05) is 6.54 Å². The zero-order valence-electron chi connectivity index (χ0n) is 9.16. The van der Waals surface area contributed by atoms with Crippen LogP contribution in [0, 0.1) is 10.1 Å². The van der Waals surface area contributed by atoms with E-state index in [-0.39, 0.29) is 5.69 Å². The summed E-state index contributed by atoms with van der Waals surface area (Å²) >= 11 is 0. The third-order valence-corrected chi connectivity index (χ3v) is 1.94. The predicted octanol–water partition coefficient (Wildman–Crippen LogP) is -0.526. The molecule has 0 aliphatic rings. The molecule has 0 aliphatic heterocycles. The Labute approximate surface area is 102 Å². The number of benzene rings is 1. The molecule has 0 atom stereocenters. The van der Waals surface area contributed by atoms with E-state index in [1.807, 2.05) is 0 Å². The maximum atomic E-state index is 11.1. The number of carbonyl (C=O) groups is 2. The van der Waals surface area contributed by atoms with E-state index in [0.29, 0.717) is 5.56 Å². The molecule has 0 aliphatic carbocycles. The number of carboxylic acid groups (broad SMARTS) is 1. The van der Waals surface area contributed by atoms with E-state index in [4.69, 9.17) is 0 Å². The molecule has 1 aromatic rings. The van der Waals surface area contributed by atoms with Crippen molar-refractivity contribution in [2.45, 2.75) is 0 Å². The molecule has 7 nitrogen and oxygen atoms in total. The number of hydrogen-bond acceptors (Lipinski definition) is 5. The van der Waals surface area contributed by atoms with E-state index in [9.17, 15) is 24.8 Å². The second-order valence-electron chi connectivity index (χ2n) is 3.27. The summed E-state index contributed by atoms with van der Waals surface area (Å²) in [4.78, 5) is 31.0. The lowest BCUT2D eigenvalue weighted by atomic mass is 10.2. The van der Waals surface area contributed by atoms with Gasteiger partial charge in [0.15, 0.2) is 0 Å². The molecule has 0 aromatic heterocycles. The van der Waals surface area contributed by atoms with Crippen LogP contribution >= 0.6 is 0 Å². The van der Waals surface area contributed by atoms with E-state index >= 15 is 0 Å². The number of nitrogens with zero attached hydrogens (tertiary/aromatic N) is 1. The van der Waals surface area contributed by atoms with E-state index in [0.717, 1.165) is 6.08 Å². The lowest BCUT2D eigenvalue weighted by Crippen LogP contribution is -2.36. The Morgan fingerprint density at radius 1 is 1.28 bits per heavy atom. The van der Waals surface area contributed by atoms with Crippen molar-refractivity contribution in [2.24, 2.45) is 0 Å². The standard InChI is InChI=1S/C11H10N2O5/c14-10(12-7-11(15)16)6-3-8-1-4-9(5-2-8)13(17)18/h1-6H,7H2,(H,12,14)(H,15,16)/p-1. The first kappa shape index (κ1) is 13.4. The maximum Gasteiger partial charge on any atom is 0.269 e. The molecular formula is C11H9N2O5-. The van der Waals surface area contributed by atoms with Crippen LogP contribution in [0.1, 0.15) is 5.56 Å². The number of carboxylic acids is 1. The Morgan fingerprint density at radius 2 is 1.89 bits per heavy atom. The second-order valence-corrected chi connectivity index (χ2v) is 3.27. The average Bonchev–Trinajstić information content (AvgIpc) is 2.34. The normalized spacial score (nSPS) is 10.2. The minimum absolute atomic E-state index is 0.0476. The zero-order chi connectivity index (χ0) is 13.5. The number of nitrogens with one attached hydrogen (secondary N) is 1. The van der Waals surface area contributed by atoms with Crippen LogP contribution < -0.4 is 10.4 Å². The van der Waals surface area contributed by atoms with E-state index in [1.54, 1.807) is 0 Å². The van der Waals surface area contributed by atoms with Gasteiger partial charge in [0.2, 0.25) is 5.91 Å². The fraction of sp³-hybridized carbons (Fsp3) is 0.0909. The molecular weight excluding hydrogens is 240 g/mol. The van der Waals surface area contributed by atoms with Crippen LogP contribution in [0.5, 0.6) is 0 Å². The molecule has 18 heavy (non-hydrogen) atoms. The van der Waals surface area contributed by atoms with Crippen molar-refractivity contribution >= 4 is 23.6 Å². The predicted molar refractivity (Wildman–Crippen MR) is 60.1 cm³/mol. The lowest BCUT2D eigenvalue weighted by Gasteiger charge is -2.01. The van der Waals surface area contributed by atoms with E-state index in [2.05, 4.69) is 5.32 Å². The summed E-state index contributed by atoms with van der Waals surface area (Å²) in [6.07, 6.45) is 2.54. The number of nitro groups is 1. The fourth-order valence-corrected chi connectivity index (χ4v) is 1.10. The summed E-state index contributed by atoms with van der Waals surface area (Å²) in [7, 11) is 0. The van der Waals surface area contributed by atoms with Gasteiger partial charge in [0.25, 0.3) is 5.69 Å². The topological polar surface area (TPSA) is 112 Å². The summed E-state index contributed by atoms with van der Waals surface area (Å²) in [5.41, 5.74) is 0.540. The first-order valence-electron chi connectivity index (χ1n) is 4.89. The van der Waals surface area contributed by atoms with Crippen LogP contribution in [0.15, 0.2) is 30.3 Å². The number of hydrogen-bond donors (Lipinski definition) is 1. The van der Waals surface area contributed by atoms with Crippen LogP contribution in [0.3, 0.4) is 0 Å². The molecule has 7 heteroatoms. The van der Waals surface area contributed by atoms with Crippen molar-refractivity contribution in [1.82, 2.24) is 5.32 Å². The number of nitro benzene ring substituents is 1. The summed E-state index contributed by atoms with van der Waals surface area (Å²) in [5, 5.41) is 22.5. The Kier molecular flexibility index (Phi) is 4.56. The Morgan fingerprint density at radius 3 is 2.39 bits per heavy atom. The summed E-state index contributed by atoms with van der Waals surface area (Å²) in [6, 6.07) is 5.55. The van der Waals surface area contributed by atoms with Gasteiger partial charge in [0.05, 0.1) is 17.4 Å². The monoisotopic (exact) mass is 249 g/mol. The van der Waals surface area contributed by atoms with E-state index in [1.165, 1.54) is 30.3 Å². The van der Waals surface area contributed by atoms with Crippen LogP contribution in [-0.2, 0) is 9.59 Å². The average molecular weight is 249 g/mol. The van der Waals surface area contributed by atoms with Crippen molar-refractivity contribution < 1.29 is 19.6 Å². The zero-order valence-corrected chi connectivity index (χ0v) is 9.16. The first-order valence-corrected chi connectivity index (χ1v) is 4.89. The van der Waals surface area contributed by atoms with Gasteiger partial charge in [-0.25, -0.2) is 0 Å². The smallest absolute Gasteiger partial charge is 0.269 e. The van der Waals surface area contributed by atoms with Gasteiger partial charge >= 0.3 is 0 Å². The summed E-state index contributed by atoms with van der Waals surface area (Å²) in [5.74, 6) is -1.97. The number of carbonyl (C=O) groups excluding carboxylic acids is 2. The molecule has 0 saturated heterocycles. The summed E-state index contributed by atoms with van der Waals surface area (Å²) in [6.45, 7) is -0.566. The number of non-ortho nitro benzene ring substituents is 1. The van der Waals surface area contributed by atoms with Crippen molar-refractivity contribution in [3.63, 3.8) is 0 Å². The largest absolute Gasteiger partial charge is 0.548 e. The highest BCUT2D eigenvalue weighted by Crippen LogP contribution is 2.12. The molecule has 1 N–H and O–H groups in total. The van der Waals surface area contributed by atoms with Crippen LogP contribution in [0.4, 0.5) is 5.69 Å². The molecule has 1 amide bonds. The molecule has 0 fully saturated rings. The third kappa shape index (κ3) is 4.44. The van der Waals surface area contributed by atoms with Gasteiger partial charge in [-0.3, -0.25) is 14.9 Å². The molecule has 0 radical (unpaired) electrons. The Balaban J connectivity index is 2.58.